The lowest BCUT2D eigenvalue weighted by Gasteiger charge is -2.32. The van der Waals surface area contributed by atoms with E-state index in [2.05, 4.69) is 21.8 Å². The second-order valence-electron chi connectivity index (χ2n) is 12.0. The number of para-hydroxylation sites is 1. The maximum Gasteiger partial charge on any atom is 0.161 e. The number of likely N-dealkylation sites (N-methyl/N-ethyl adjacent to an activating group) is 1. The third-order valence-corrected chi connectivity index (χ3v) is 10.4. The van der Waals surface area contributed by atoms with Gasteiger partial charge < -0.3 is 19.3 Å². The standard InChI is InChI=1S/C34H39F2N5O4S.C2H6/c1-39-10-12-40(13-11-39)9-4-16-45-32-8-7-24(21-33(32)44-2)31-22-37-30-6-3-5-26(34(30)38-31)25-19-28(35)27(29(36)20-25)23-41-14-17-46(42,43)18-15-41;1-2/h3,5-8,19-22H,4,9-18,23H2,1-2H3;1-2H3. The molecule has 0 bridgehead atoms. The van der Waals surface area contributed by atoms with Crippen LogP contribution in [0.2, 0.25) is 0 Å². The molecule has 0 N–H and O–H groups in total. The zero-order valence-corrected chi connectivity index (χ0v) is 29.0. The van der Waals surface area contributed by atoms with Crippen molar-refractivity contribution in [3.8, 4) is 33.9 Å². The van der Waals surface area contributed by atoms with Crippen LogP contribution in [0, 0.1) is 11.6 Å². The molecule has 258 valence electrons. The molecule has 0 radical (unpaired) electrons. The Hall–Kier alpha value is -3.71. The highest BCUT2D eigenvalue weighted by atomic mass is 32.2. The van der Waals surface area contributed by atoms with Crippen molar-refractivity contribution in [3.05, 3.63) is 71.9 Å². The quantitative estimate of drug-likeness (QED) is 0.201. The van der Waals surface area contributed by atoms with E-state index in [0.29, 0.717) is 46.0 Å². The van der Waals surface area contributed by atoms with Crippen LogP contribution in [-0.2, 0) is 16.4 Å². The van der Waals surface area contributed by atoms with Gasteiger partial charge in [-0.25, -0.2) is 22.2 Å². The van der Waals surface area contributed by atoms with Crippen molar-refractivity contribution in [3.63, 3.8) is 0 Å². The first-order valence-electron chi connectivity index (χ1n) is 16.6. The maximum atomic E-state index is 15.3. The van der Waals surface area contributed by atoms with Crippen LogP contribution in [0.5, 0.6) is 11.5 Å². The third kappa shape index (κ3) is 8.65. The summed E-state index contributed by atoms with van der Waals surface area (Å²) in [6, 6.07) is 13.6. The first kappa shape index (κ1) is 35.6. The van der Waals surface area contributed by atoms with Gasteiger partial charge in [0.15, 0.2) is 21.3 Å². The molecule has 2 fully saturated rings. The number of hydrogen-bond acceptors (Lipinski definition) is 9. The van der Waals surface area contributed by atoms with E-state index in [0.717, 1.165) is 44.7 Å². The average Bonchev–Trinajstić information content (AvgIpc) is 3.10. The van der Waals surface area contributed by atoms with E-state index in [4.69, 9.17) is 14.5 Å². The molecule has 9 nitrogen and oxygen atoms in total. The van der Waals surface area contributed by atoms with Crippen LogP contribution in [-0.4, -0.2) is 111 Å². The number of rotatable bonds is 10. The van der Waals surface area contributed by atoms with Crippen LogP contribution in [0.25, 0.3) is 33.4 Å². The fourth-order valence-corrected chi connectivity index (χ4v) is 7.21. The van der Waals surface area contributed by atoms with E-state index in [9.17, 15) is 8.42 Å². The summed E-state index contributed by atoms with van der Waals surface area (Å²) in [6.45, 7) is 10.4. The van der Waals surface area contributed by atoms with Gasteiger partial charge in [-0.3, -0.25) is 9.88 Å². The summed E-state index contributed by atoms with van der Waals surface area (Å²) in [5.74, 6) is -0.162. The lowest BCUT2D eigenvalue weighted by Crippen LogP contribution is -2.44. The van der Waals surface area contributed by atoms with Gasteiger partial charge in [0.2, 0.25) is 0 Å². The van der Waals surface area contributed by atoms with Crippen LogP contribution in [0.4, 0.5) is 8.78 Å². The summed E-state index contributed by atoms with van der Waals surface area (Å²) in [5.41, 5.74) is 3.26. The number of nitrogens with zero attached hydrogens (tertiary/aromatic N) is 5. The Morgan fingerprint density at radius 3 is 2.25 bits per heavy atom. The second kappa shape index (κ2) is 16.1. The van der Waals surface area contributed by atoms with Gasteiger partial charge in [-0.15, -0.1) is 0 Å². The molecule has 1 aromatic heterocycles. The molecular formula is C36H45F2N5O4S. The number of benzene rings is 3. The largest absolute Gasteiger partial charge is 0.493 e. The summed E-state index contributed by atoms with van der Waals surface area (Å²) in [7, 11) is 0.658. The van der Waals surface area contributed by atoms with Crippen LogP contribution in [0.3, 0.4) is 0 Å². The van der Waals surface area contributed by atoms with Crippen LogP contribution >= 0.6 is 0 Å². The van der Waals surface area contributed by atoms with Crippen LogP contribution < -0.4 is 9.47 Å². The van der Waals surface area contributed by atoms with Crippen molar-refractivity contribution in [2.75, 3.05) is 78.1 Å². The van der Waals surface area contributed by atoms with Crippen molar-refractivity contribution in [1.29, 1.82) is 0 Å². The zero-order chi connectivity index (χ0) is 34.3. The summed E-state index contributed by atoms with van der Waals surface area (Å²) >= 11 is 0. The van der Waals surface area contributed by atoms with Gasteiger partial charge in [0.05, 0.1) is 48.1 Å². The summed E-state index contributed by atoms with van der Waals surface area (Å²) in [6.07, 6.45) is 2.58. The minimum Gasteiger partial charge on any atom is -0.493 e. The van der Waals surface area contributed by atoms with Crippen molar-refractivity contribution < 1.29 is 26.7 Å². The first-order chi connectivity index (χ1) is 23.2. The molecule has 12 heteroatoms. The van der Waals surface area contributed by atoms with Gasteiger partial charge in [0, 0.05) is 69.0 Å². The molecule has 0 saturated carbocycles. The van der Waals surface area contributed by atoms with E-state index in [-0.39, 0.29) is 36.7 Å². The summed E-state index contributed by atoms with van der Waals surface area (Å²) < 4.78 is 65.9. The molecule has 6 rings (SSSR count). The number of halogens is 2. The van der Waals surface area contributed by atoms with Gasteiger partial charge in [0.25, 0.3) is 0 Å². The normalized spacial score (nSPS) is 17.1. The SMILES string of the molecule is CC.COc1cc(-c2cnc3cccc(-c4cc(F)c(CN5CCS(=O)(=O)CC5)c(F)c4)c3n2)ccc1OCCCN1CCN(C)CC1. The number of hydrogen-bond donors (Lipinski definition) is 0. The molecule has 0 unspecified atom stereocenters. The maximum absolute atomic E-state index is 15.3. The molecule has 0 atom stereocenters. The lowest BCUT2D eigenvalue weighted by atomic mass is 10.0. The van der Waals surface area contributed by atoms with E-state index in [1.807, 2.05) is 32.0 Å². The minimum absolute atomic E-state index is 0.00472. The van der Waals surface area contributed by atoms with Gasteiger partial charge >= 0.3 is 0 Å². The highest BCUT2D eigenvalue weighted by molar-refractivity contribution is 7.91. The van der Waals surface area contributed by atoms with E-state index >= 15 is 8.78 Å². The molecular weight excluding hydrogens is 636 g/mol. The molecule has 2 aliphatic heterocycles. The monoisotopic (exact) mass is 681 g/mol. The summed E-state index contributed by atoms with van der Waals surface area (Å²) in [5, 5.41) is 0. The van der Waals surface area contributed by atoms with E-state index in [1.165, 1.54) is 12.1 Å². The molecule has 0 aliphatic carbocycles. The van der Waals surface area contributed by atoms with Gasteiger partial charge in [-0.05, 0) is 55.4 Å². The third-order valence-electron chi connectivity index (χ3n) is 8.78. The predicted molar refractivity (Wildman–Crippen MR) is 186 cm³/mol. The van der Waals surface area contributed by atoms with Crippen LogP contribution in [0.15, 0.2) is 54.7 Å². The summed E-state index contributed by atoms with van der Waals surface area (Å²) in [4.78, 5) is 16.0. The van der Waals surface area contributed by atoms with Gasteiger partial charge in [-0.2, -0.15) is 0 Å². The van der Waals surface area contributed by atoms with E-state index in [1.54, 1.807) is 36.4 Å². The highest BCUT2D eigenvalue weighted by Gasteiger charge is 2.24. The van der Waals surface area contributed by atoms with Crippen LogP contribution in [0.1, 0.15) is 25.8 Å². The van der Waals surface area contributed by atoms with Gasteiger partial charge in [-0.1, -0.05) is 26.0 Å². The second-order valence-corrected chi connectivity index (χ2v) is 14.3. The van der Waals surface area contributed by atoms with Crippen molar-refractivity contribution in [2.24, 2.45) is 0 Å². The Morgan fingerprint density at radius 1 is 0.854 bits per heavy atom. The fourth-order valence-electron chi connectivity index (χ4n) is 5.93. The average molecular weight is 682 g/mol. The fraction of sp³-hybridized carbons (Fsp3) is 0.444. The minimum atomic E-state index is -3.09. The number of methoxy groups -OCH3 is 1. The number of piperazine rings is 1. The number of aromatic nitrogens is 2. The van der Waals surface area contributed by atoms with E-state index < -0.39 is 21.5 Å². The highest BCUT2D eigenvalue weighted by Crippen LogP contribution is 2.34. The Bertz CT molecular complexity index is 1780. The molecule has 2 saturated heterocycles. The number of ether oxygens (including phenoxy) is 2. The Morgan fingerprint density at radius 2 is 1.56 bits per heavy atom. The van der Waals surface area contributed by atoms with Gasteiger partial charge in [0.1, 0.15) is 11.6 Å². The molecule has 48 heavy (non-hydrogen) atoms. The lowest BCUT2D eigenvalue weighted by molar-refractivity contribution is 0.145. The Kier molecular flexibility index (Phi) is 12.0. The zero-order valence-electron chi connectivity index (χ0n) is 28.2. The van der Waals surface area contributed by atoms with Crippen molar-refractivity contribution in [1.82, 2.24) is 24.7 Å². The molecule has 0 amide bonds. The predicted octanol–water partition coefficient (Wildman–Crippen LogP) is 5.52. The number of sulfone groups is 1. The number of fused-ring (bicyclic) bond motifs is 1. The molecule has 2 aliphatic rings. The topological polar surface area (TPSA) is 88.1 Å². The molecule has 0 spiro atoms. The smallest absolute Gasteiger partial charge is 0.161 e. The Labute approximate surface area is 282 Å². The van der Waals surface area contributed by atoms with Crippen molar-refractivity contribution >= 4 is 20.9 Å². The molecule has 4 aromatic rings. The Balaban J connectivity index is 0.00000221. The van der Waals surface area contributed by atoms with Crippen molar-refractivity contribution in [2.45, 2.75) is 26.8 Å². The molecule has 3 heterocycles. The molecule has 3 aromatic carbocycles. The first-order valence-corrected chi connectivity index (χ1v) is 18.4.